The highest BCUT2D eigenvalue weighted by Gasteiger charge is 2.19. The van der Waals surface area contributed by atoms with E-state index >= 15 is 0 Å². The third kappa shape index (κ3) is 5.38. The second kappa shape index (κ2) is 10.7. The summed E-state index contributed by atoms with van der Waals surface area (Å²) in [5, 5.41) is 15.4. The molecule has 4 rings (SSSR count). The van der Waals surface area contributed by atoms with E-state index in [1.807, 2.05) is 67.1 Å². The number of H-pyrrole nitrogens is 1. The van der Waals surface area contributed by atoms with E-state index in [0.29, 0.717) is 47.0 Å². The third-order valence-electron chi connectivity index (χ3n) is 6.34. The predicted molar refractivity (Wildman–Crippen MR) is 135 cm³/mol. The summed E-state index contributed by atoms with van der Waals surface area (Å²) in [7, 11) is 3.19. The van der Waals surface area contributed by atoms with Gasteiger partial charge in [-0.25, -0.2) is 9.67 Å². The van der Waals surface area contributed by atoms with Crippen LogP contribution in [-0.4, -0.2) is 45.2 Å². The number of aromatic nitrogens is 4. The van der Waals surface area contributed by atoms with Crippen LogP contribution in [-0.2, 0) is 13.0 Å². The Labute approximate surface area is 204 Å². The molecule has 2 unspecified atom stereocenters. The number of aromatic amines is 1. The normalized spacial score (nSPS) is 13.1. The Kier molecular flexibility index (Phi) is 7.51. The maximum Gasteiger partial charge on any atom is 0.262 e. The minimum atomic E-state index is -0.456. The zero-order valence-corrected chi connectivity index (χ0v) is 20.6. The van der Waals surface area contributed by atoms with Crippen LogP contribution in [0.5, 0.6) is 11.5 Å². The molecule has 8 heteroatoms. The molecule has 0 spiro atoms. The summed E-state index contributed by atoms with van der Waals surface area (Å²) in [5.74, 6) is 1.87. The van der Waals surface area contributed by atoms with Crippen LogP contribution in [0, 0.1) is 6.92 Å². The van der Waals surface area contributed by atoms with Gasteiger partial charge in [-0.1, -0.05) is 36.4 Å². The van der Waals surface area contributed by atoms with Crippen LogP contribution in [0.1, 0.15) is 48.3 Å². The number of rotatable bonds is 10. The summed E-state index contributed by atoms with van der Waals surface area (Å²) in [5.41, 5.74) is 3.10. The van der Waals surface area contributed by atoms with Crippen molar-refractivity contribution in [1.82, 2.24) is 19.7 Å². The molecule has 0 aliphatic rings. The average molecular weight is 477 g/mol. The first-order chi connectivity index (χ1) is 16.9. The smallest absolute Gasteiger partial charge is 0.262 e. The van der Waals surface area contributed by atoms with Crippen molar-refractivity contribution in [3.63, 3.8) is 0 Å². The molecule has 0 amide bonds. The molecule has 2 N–H and O–H groups in total. The number of fused-ring (bicyclic) bond motifs is 1. The number of ether oxygens (including phenoxy) is 2. The van der Waals surface area contributed by atoms with Gasteiger partial charge in [-0.15, -0.1) is 0 Å². The maximum absolute atomic E-state index is 12.9. The number of nitrogens with one attached hydrogen (secondary N) is 1. The summed E-state index contributed by atoms with van der Waals surface area (Å²) < 4.78 is 12.5. The van der Waals surface area contributed by atoms with Gasteiger partial charge in [0.15, 0.2) is 17.1 Å². The van der Waals surface area contributed by atoms with Crippen molar-refractivity contribution in [2.24, 2.45) is 0 Å². The molecule has 2 atom stereocenters. The lowest BCUT2D eigenvalue weighted by molar-refractivity contribution is 0.155. The second-order valence-electron chi connectivity index (χ2n) is 8.79. The minimum Gasteiger partial charge on any atom is -0.493 e. The molecule has 0 saturated carbocycles. The highest BCUT2D eigenvalue weighted by molar-refractivity contribution is 5.77. The van der Waals surface area contributed by atoms with E-state index < -0.39 is 6.10 Å². The zero-order chi connectivity index (χ0) is 24.9. The van der Waals surface area contributed by atoms with Gasteiger partial charge in [0.1, 0.15) is 11.2 Å². The molecule has 8 nitrogen and oxygen atoms in total. The summed E-state index contributed by atoms with van der Waals surface area (Å²) in [6.07, 6.45) is 1.57. The Morgan fingerprint density at radius 1 is 1.09 bits per heavy atom. The van der Waals surface area contributed by atoms with Crippen molar-refractivity contribution >= 4 is 11.0 Å². The monoisotopic (exact) mass is 476 g/mol. The molecular formula is C27H32N4O4. The SMILES string of the molecule is COc1ccc(Cc2nc3c(c(C)nn3CCCC(c3ccccc3)C(C)O)c(=O)[nH]2)cc1OC. The molecule has 0 bridgehead atoms. The number of aliphatic hydroxyl groups is 1. The van der Waals surface area contributed by atoms with Crippen LogP contribution in [0.3, 0.4) is 0 Å². The van der Waals surface area contributed by atoms with Crippen molar-refractivity contribution in [3.8, 4) is 11.5 Å². The topological polar surface area (TPSA) is 102 Å². The maximum atomic E-state index is 12.9. The second-order valence-corrected chi connectivity index (χ2v) is 8.79. The zero-order valence-electron chi connectivity index (χ0n) is 20.6. The molecule has 0 saturated heterocycles. The molecule has 0 radical (unpaired) electrons. The van der Waals surface area contributed by atoms with Gasteiger partial charge in [0.2, 0.25) is 0 Å². The summed E-state index contributed by atoms with van der Waals surface area (Å²) in [6, 6.07) is 15.7. The van der Waals surface area contributed by atoms with Crippen LogP contribution in [0.4, 0.5) is 0 Å². The fourth-order valence-corrected chi connectivity index (χ4v) is 4.57. The van der Waals surface area contributed by atoms with E-state index in [9.17, 15) is 9.90 Å². The largest absolute Gasteiger partial charge is 0.493 e. The average Bonchev–Trinajstić information content (AvgIpc) is 3.17. The highest BCUT2D eigenvalue weighted by atomic mass is 16.5. The lowest BCUT2D eigenvalue weighted by Crippen LogP contribution is -2.16. The van der Waals surface area contributed by atoms with E-state index in [4.69, 9.17) is 14.5 Å². The third-order valence-corrected chi connectivity index (χ3v) is 6.34. The van der Waals surface area contributed by atoms with Gasteiger partial charge in [-0.2, -0.15) is 5.10 Å². The Balaban J connectivity index is 1.56. The van der Waals surface area contributed by atoms with E-state index in [1.54, 1.807) is 14.2 Å². The van der Waals surface area contributed by atoms with Gasteiger partial charge in [0, 0.05) is 18.9 Å². The standard InChI is InChI=1S/C27H32N4O4/c1-17-25-26(31(30-17)14-8-11-21(18(2)32)20-9-6-5-7-10-20)28-24(29-27(25)33)16-19-12-13-22(34-3)23(15-19)35-4/h5-7,9-10,12-13,15,18,21,32H,8,11,14,16H2,1-4H3,(H,28,29,33). The van der Waals surface area contributed by atoms with Crippen molar-refractivity contribution in [2.75, 3.05) is 14.2 Å². The molecular weight excluding hydrogens is 444 g/mol. The summed E-state index contributed by atoms with van der Waals surface area (Å²) in [4.78, 5) is 20.5. The van der Waals surface area contributed by atoms with E-state index in [-0.39, 0.29) is 11.5 Å². The van der Waals surface area contributed by atoms with Crippen LogP contribution in [0.2, 0.25) is 0 Å². The molecule has 0 aliphatic heterocycles. The lowest BCUT2D eigenvalue weighted by atomic mass is 9.90. The molecule has 2 heterocycles. The number of hydrogen-bond acceptors (Lipinski definition) is 6. The predicted octanol–water partition coefficient (Wildman–Crippen LogP) is 3.98. The van der Waals surface area contributed by atoms with Gasteiger partial charge in [0.25, 0.3) is 5.56 Å². The Morgan fingerprint density at radius 3 is 2.51 bits per heavy atom. The molecule has 35 heavy (non-hydrogen) atoms. The van der Waals surface area contributed by atoms with E-state index in [1.165, 1.54) is 0 Å². The number of aryl methyl sites for hydroxylation is 2. The van der Waals surface area contributed by atoms with Crippen LogP contribution >= 0.6 is 0 Å². The highest BCUT2D eigenvalue weighted by Crippen LogP contribution is 2.28. The molecule has 2 aromatic carbocycles. The Hall–Kier alpha value is -3.65. The van der Waals surface area contributed by atoms with Crippen molar-refractivity contribution in [2.45, 2.75) is 51.7 Å². The molecule has 0 fully saturated rings. The lowest BCUT2D eigenvalue weighted by Gasteiger charge is -2.20. The number of hydrogen-bond donors (Lipinski definition) is 2. The molecule has 2 aromatic heterocycles. The fraction of sp³-hybridized carbons (Fsp3) is 0.370. The first-order valence-corrected chi connectivity index (χ1v) is 11.8. The quantitative estimate of drug-likeness (QED) is 0.359. The summed E-state index contributed by atoms with van der Waals surface area (Å²) in [6.45, 7) is 4.26. The first-order valence-electron chi connectivity index (χ1n) is 11.8. The summed E-state index contributed by atoms with van der Waals surface area (Å²) >= 11 is 0. The van der Waals surface area contributed by atoms with Gasteiger partial charge in [0.05, 0.1) is 26.0 Å². The molecule has 184 valence electrons. The number of methoxy groups -OCH3 is 2. The van der Waals surface area contributed by atoms with Crippen LogP contribution in [0.15, 0.2) is 53.3 Å². The molecule has 4 aromatic rings. The van der Waals surface area contributed by atoms with Crippen molar-refractivity contribution in [1.29, 1.82) is 0 Å². The number of benzene rings is 2. The van der Waals surface area contributed by atoms with Gasteiger partial charge in [-0.05, 0) is 49.9 Å². The fourth-order valence-electron chi connectivity index (χ4n) is 4.57. The van der Waals surface area contributed by atoms with Crippen LogP contribution in [0.25, 0.3) is 11.0 Å². The minimum absolute atomic E-state index is 0.0381. The Morgan fingerprint density at radius 2 is 1.83 bits per heavy atom. The van der Waals surface area contributed by atoms with Crippen molar-refractivity contribution in [3.05, 3.63) is 81.5 Å². The molecule has 0 aliphatic carbocycles. The Bertz CT molecular complexity index is 1340. The number of nitrogens with zero attached hydrogens (tertiary/aromatic N) is 3. The van der Waals surface area contributed by atoms with Crippen LogP contribution < -0.4 is 15.0 Å². The van der Waals surface area contributed by atoms with E-state index in [2.05, 4.69) is 10.1 Å². The van der Waals surface area contributed by atoms with Gasteiger partial charge < -0.3 is 19.6 Å². The first kappa shape index (κ1) is 24.5. The van der Waals surface area contributed by atoms with E-state index in [0.717, 1.165) is 24.0 Å². The number of aliphatic hydroxyl groups excluding tert-OH is 1. The van der Waals surface area contributed by atoms with Gasteiger partial charge in [-0.3, -0.25) is 4.79 Å². The van der Waals surface area contributed by atoms with Gasteiger partial charge >= 0.3 is 0 Å². The van der Waals surface area contributed by atoms with Crippen molar-refractivity contribution < 1.29 is 14.6 Å².